The van der Waals surface area contributed by atoms with E-state index in [-0.39, 0.29) is 5.91 Å². The number of amides is 1. The van der Waals surface area contributed by atoms with Gasteiger partial charge in [-0.15, -0.1) is 0 Å². The van der Waals surface area contributed by atoms with Crippen LogP contribution in [0.1, 0.15) is 24.3 Å². The predicted molar refractivity (Wildman–Crippen MR) is 87.9 cm³/mol. The quantitative estimate of drug-likeness (QED) is 0.738. The Morgan fingerprint density at radius 2 is 1.73 bits per heavy atom. The summed E-state index contributed by atoms with van der Waals surface area (Å²) in [4.78, 5) is 19.4. The summed E-state index contributed by atoms with van der Waals surface area (Å²) in [7, 11) is 0. The molecule has 0 saturated carbocycles. The van der Waals surface area contributed by atoms with E-state index < -0.39 is 0 Å². The lowest BCUT2D eigenvalue weighted by atomic mass is 10.1. The summed E-state index contributed by atoms with van der Waals surface area (Å²) in [6.45, 7) is 5.35. The first-order chi connectivity index (χ1) is 10.8. The minimum atomic E-state index is 0.0163. The summed E-state index contributed by atoms with van der Waals surface area (Å²) in [5, 5.41) is 0. The van der Waals surface area contributed by atoms with Crippen molar-refractivity contribution in [3.63, 3.8) is 0 Å². The van der Waals surface area contributed by atoms with Gasteiger partial charge in [0.2, 0.25) is 0 Å². The molecule has 0 aliphatic heterocycles. The molecule has 0 fully saturated rings. The Labute approximate surface area is 130 Å². The number of nitrogens with zero attached hydrogens (tertiary/aromatic N) is 3. The summed E-state index contributed by atoms with van der Waals surface area (Å²) >= 11 is 0. The molecule has 2 heterocycles. The van der Waals surface area contributed by atoms with Gasteiger partial charge in [0.1, 0.15) is 17.0 Å². The number of pyridine rings is 1. The van der Waals surface area contributed by atoms with Crippen LogP contribution >= 0.6 is 0 Å². The molecule has 0 unspecified atom stereocenters. The maximum atomic E-state index is 12.9. The highest BCUT2D eigenvalue weighted by Gasteiger charge is 2.23. The highest BCUT2D eigenvalue weighted by Crippen LogP contribution is 2.25. The molecule has 0 saturated heterocycles. The van der Waals surface area contributed by atoms with Gasteiger partial charge >= 0.3 is 0 Å². The predicted octanol–water partition coefficient (Wildman–Crippen LogP) is 3.48. The number of imidazole rings is 1. The summed E-state index contributed by atoms with van der Waals surface area (Å²) in [6.07, 6.45) is 1.89. The molecule has 112 valence electrons. The van der Waals surface area contributed by atoms with E-state index in [0.717, 1.165) is 16.9 Å². The van der Waals surface area contributed by atoms with Crippen LogP contribution in [0.5, 0.6) is 0 Å². The molecule has 3 rings (SSSR count). The maximum absolute atomic E-state index is 12.9. The fourth-order valence-corrected chi connectivity index (χ4v) is 2.66. The minimum absolute atomic E-state index is 0.0163. The lowest BCUT2D eigenvalue weighted by Crippen LogP contribution is -2.31. The Morgan fingerprint density at radius 3 is 2.41 bits per heavy atom. The second-order valence-electron chi connectivity index (χ2n) is 5.08. The second kappa shape index (κ2) is 6.02. The first kappa shape index (κ1) is 14.3. The van der Waals surface area contributed by atoms with Crippen LogP contribution in [0.3, 0.4) is 0 Å². The number of rotatable bonds is 4. The lowest BCUT2D eigenvalue weighted by molar-refractivity contribution is 0.0767. The monoisotopic (exact) mass is 293 g/mol. The number of aromatic nitrogens is 2. The zero-order valence-corrected chi connectivity index (χ0v) is 12.9. The third-order valence-corrected chi connectivity index (χ3v) is 3.83. The van der Waals surface area contributed by atoms with Crippen LogP contribution in [0.25, 0.3) is 16.9 Å². The third-order valence-electron chi connectivity index (χ3n) is 3.83. The van der Waals surface area contributed by atoms with Gasteiger partial charge < -0.3 is 4.90 Å². The zero-order chi connectivity index (χ0) is 15.5. The molecule has 0 radical (unpaired) electrons. The van der Waals surface area contributed by atoms with Gasteiger partial charge in [0.25, 0.3) is 5.91 Å². The van der Waals surface area contributed by atoms with E-state index in [2.05, 4.69) is 4.98 Å². The molecule has 4 nitrogen and oxygen atoms in total. The Bertz CT molecular complexity index is 788. The van der Waals surface area contributed by atoms with Gasteiger partial charge in [-0.3, -0.25) is 9.20 Å². The smallest absolute Gasteiger partial charge is 0.273 e. The number of hydrogen-bond donors (Lipinski definition) is 0. The van der Waals surface area contributed by atoms with Crippen molar-refractivity contribution < 1.29 is 4.79 Å². The molecular formula is C18H19N3O. The van der Waals surface area contributed by atoms with E-state index in [4.69, 9.17) is 0 Å². The fraction of sp³-hybridized carbons (Fsp3) is 0.222. The summed E-state index contributed by atoms with van der Waals surface area (Å²) in [5.41, 5.74) is 3.12. The van der Waals surface area contributed by atoms with Crippen LogP contribution in [0, 0.1) is 0 Å². The van der Waals surface area contributed by atoms with Crippen molar-refractivity contribution in [2.24, 2.45) is 0 Å². The second-order valence-corrected chi connectivity index (χ2v) is 5.08. The Balaban J connectivity index is 2.24. The van der Waals surface area contributed by atoms with E-state index >= 15 is 0 Å². The van der Waals surface area contributed by atoms with Gasteiger partial charge in [0.05, 0.1) is 0 Å². The van der Waals surface area contributed by atoms with Gasteiger partial charge in [-0.05, 0) is 26.0 Å². The van der Waals surface area contributed by atoms with Crippen LogP contribution in [0.4, 0.5) is 0 Å². The highest BCUT2D eigenvalue weighted by atomic mass is 16.2. The normalized spacial score (nSPS) is 10.8. The maximum Gasteiger partial charge on any atom is 0.273 e. The first-order valence-corrected chi connectivity index (χ1v) is 7.58. The van der Waals surface area contributed by atoms with E-state index in [1.807, 2.05) is 77.9 Å². The van der Waals surface area contributed by atoms with E-state index in [9.17, 15) is 4.79 Å². The van der Waals surface area contributed by atoms with Gasteiger partial charge in [-0.2, -0.15) is 0 Å². The summed E-state index contributed by atoms with van der Waals surface area (Å²) in [6, 6.07) is 15.6. The van der Waals surface area contributed by atoms with Crippen molar-refractivity contribution in [1.29, 1.82) is 0 Å². The largest absolute Gasteiger partial charge is 0.338 e. The van der Waals surface area contributed by atoms with Crippen LogP contribution in [0.2, 0.25) is 0 Å². The molecule has 2 aromatic heterocycles. The standard InChI is InChI=1S/C18H19N3O/c1-3-20(4-2)18(22)17-16(14-10-6-5-7-11-14)19-15-12-8-9-13-21(15)17/h5-13H,3-4H2,1-2H3. The van der Waals surface area contributed by atoms with Crippen molar-refractivity contribution >= 4 is 11.6 Å². The molecular weight excluding hydrogens is 274 g/mol. The van der Waals surface area contributed by atoms with Crippen LogP contribution in [0.15, 0.2) is 54.7 Å². The van der Waals surface area contributed by atoms with Crippen LogP contribution < -0.4 is 0 Å². The average Bonchev–Trinajstić information content (AvgIpc) is 2.96. The lowest BCUT2D eigenvalue weighted by Gasteiger charge is -2.19. The molecule has 0 aliphatic carbocycles. The minimum Gasteiger partial charge on any atom is -0.338 e. The van der Waals surface area contributed by atoms with E-state index in [0.29, 0.717) is 18.8 Å². The van der Waals surface area contributed by atoms with Gasteiger partial charge in [0, 0.05) is 24.8 Å². The van der Waals surface area contributed by atoms with Crippen molar-refractivity contribution in [3.8, 4) is 11.3 Å². The van der Waals surface area contributed by atoms with Gasteiger partial charge in [0.15, 0.2) is 0 Å². The number of fused-ring (bicyclic) bond motifs is 1. The van der Waals surface area contributed by atoms with Gasteiger partial charge in [-0.25, -0.2) is 4.98 Å². The molecule has 0 aliphatic rings. The fourth-order valence-electron chi connectivity index (χ4n) is 2.66. The van der Waals surface area contributed by atoms with E-state index in [1.54, 1.807) is 0 Å². The van der Waals surface area contributed by atoms with Crippen LogP contribution in [-0.2, 0) is 0 Å². The van der Waals surface area contributed by atoms with Crippen LogP contribution in [-0.4, -0.2) is 33.3 Å². The molecule has 1 aromatic carbocycles. The Kier molecular flexibility index (Phi) is 3.92. The number of carbonyl (C=O) groups excluding carboxylic acids is 1. The first-order valence-electron chi connectivity index (χ1n) is 7.58. The molecule has 4 heteroatoms. The SMILES string of the molecule is CCN(CC)C(=O)c1c(-c2ccccc2)nc2ccccn12. The highest BCUT2D eigenvalue weighted by molar-refractivity contribution is 5.99. The molecule has 22 heavy (non-hydrogen) atoms. The Hall–Kier alpha value is -2.62. The number of benzene rings is 1. The Morgan fingerprint density at radius 1 is 1.05 bits per heavy atom. The van der Waals surface area contributed by atoms with Crippen molar-refractivity contribution in [1.82, 2.24) is 14.3 Å². The summed E-state index contributed by atoms with van der Waals surface area (Å²) in [5.74, 6) is 0.0163. The molecule has 0 bridgehead atoms. The van der Waals surface area contributed by atoms with Crippen molar-refractivity contribution in [2.45, 2.75) is 13.8 Å². The molecule has 1 amide bonds. The number of carbonyl (C=O) groups is 1. The number of hydrogen-bond acceptors (Lipinski definition) is 2. The zero-order valence-electron chi connectivity index (χ0n) is 12.9. The molecule has 3 aromatic rings. The topological polar surface area (TPSA) is 37.6 Å². The van der Waals surface area contributed by atoms with Gasteiger partial charge in [-0.1, -0.05) is 36.4 Å². The van der Waals surface area contributed by atoms with Crippen molar-refractivity contribution in [2.75, 3.05) is 13.1 Å². The van der Waals surface area contributed by atoms with Crippen molar-refractivity contribution in [3.05, 3.63) is 60.4 Å². The van der Waals surface area contributed by atoms with E-state index in [1.165, 1.54) is 0 Å². The third kappa shape index (κ3) is 2.37. The average molecular weight is 293 g/mol. The molecule has 0 N–H and O–H groups in total. The molecule has 0 spiro atoms. The molecule has 0 atom stereocenters. The summed E-state index contributed by atoms with van der Waals surface area (Å²) < 4.78 is 1.88.